The zero-order valence-electron chi connectivity index (χ0n) is 16.9. The van der Waals surface area contributed by atoms with E-state index in [-0.39, 0.29) is 0 Å². The number of benzene rings is 3. The molecule has 0 amide bonds. The minimum Gasteiger partial charge on any atom is -0.256 e. The Balaban J connectivity index is 1.73. The zero-order chi connectivity index (χ0) is 20.0. The molecule has 2 heteroatoms. The molecule has 5 rings (SSSR count). The average molecular weight is 394 g/mol. The maximum atomic E-state index is 4.67. The normalized spacial score (nSPS) is 12.1. The molecule has 0 unspecified atom stereocenters. The summed E-state index contributed by atoms with van der Waals surface area (Å²) in [6.45, 7) is 6.62. The van der Waals surface area contributed by atoms with E-state index in [0.29, 0.717) is 5.92 Å². The standard InChI is InChI=1S/C27H23NS/c1-17(2)19-12-13-28-25(16-19)20-9-11-27-24(15-20)21-10-8-18(3)14-23(21)22-6-4-5-7-26(22)29-27/h4-17H,1-3H3. The second-order valence-electron chi connectivity index (χ2n) is 7.99. The van der Waals surface area contributed by atoms with Crippen molar-refractivity contribution in [1.82, 2.24) is 4.98 Å². The van der Waals surface area contributed by atoms with E-state index in [1.807, 2.05) is 18.0 Å². The van der Waals surface area contributed by atoms with Crippen LogP contribution >= 0.6 is 11.8 Å². The quantitative estimate of drug-likeness (QED) is 0.301. The minimum absolute atomic E-state index is 0.492. The number of fused-ring (bicyclic) bond motifs is 5. The molecule has 0 saturated heterocycles. The van der Waals surface area contributed by atoms with Crippen molar-refractivity contribution in [3.8, 4) is 33.5 Å². The lowest BCUT2D eigenvalue weighted by Gasteiger charge is -2.13. The highest BCUT2D eigenvalue weighted by Gasteiger charge is 2.20. The molecule has 1 nitrogen and oxygen atoms in total. The summed E-state index contributed by atoms with van der Waals surface area (Å²) >= 11 is 1.86. The van der Waals surface area contributed by atoms with Crippen LogP contribution in [0, 0.1) is 6.92 Å². The van der Waals surface area contributed by atoms with Crippen LogP contribution in [0.25, 0.3) is 33.5 Å². The lowest BCUT2D eigenvalue weighted by Crippen LogP contribution is -1.92. The summed E-state index contributed by atoms with van der Waals surface area (Å²) in [6, 6.07) is 26.6. The van der Waals surface area contributed by atoms with Gasteiger partial charge in [-0.15, -0.1) is 0 Å². The molecule has 3 aromatic carbocycles. The third kappa shape index (κ3) is 3.28. The lowest BCUT2D eigenvalue weighted by atomic mass is 9.92. The van der Waals surface area contributed by atoms with Crippen LogP contribution in [-0.2, 0) is 0 Å². The Morgan fingerprint density at radius 1 is 0.724 bits per heavy atom. The van der Waals surface area contributed by atoms with Crippen LogP contribution in [0.1, 0.15) is 30.9 Å². The number of nitrogens with zero attached hydrogens (tertiary/aromatic N) is 1. The van der Waals surface area contributed by atoms with E-state index in [4.69, 9.17) is 0 Å². The largest absolute Gasteiger partial charge is 0.256 e. The summed E-state index contributed by atoms with van der Waals surface area (Å²) in [5, 5.41) is 0. The molecule has 0 atom stereocenters. The average Bonchev–Trinajstić information content (AvgIpc) is 2.87. The van der Waals surface area contributed by atoms with Crippen molar-refractivity contribution in [2.45, 2.75) is 36.5 Å². The van der Waals surface area contributed by atoms with Crippen LogP contribution in [0.3, 0.4) is 0 Å². The molecule has 0 radical (unpaired) electrons. The zero-order valence-corrected chi connectivity index (χ0v) is 17.8. The van der Waals surface area contributed by atoms with Gasteiger partial charge in [0, 0.05) is 21.6 Å². The fraction of sp³-hybridized carbons (Fsp3) is 0.148. The van der Waals surface area contributed by atoms with Gasteiger partial charge in [0.05, 0.1) is 5.69 Å². The number of hydrogen-bond acceptors (Lipinski definition) is 2. The molecule has 1 aromatic heterocycles. The Morgan fingerprint density at radius 3 is 2.41 bits per heavy atom. The van der Waals surface area contributed by atoms with E-state index in [2.05, 4.69) is 98.6 Å². The van der Waals surface area contributed by atoms with Gasteiger partial charge in [-0.05, 0) is 71.0 Å². The molecule has 2 heterocycles. The fourth-order valence-corrected chi connectivity index (χ4v) is 5.05. The Kier molecular flexibility index (Phi) is 4.52. The highest BCUT2D eigenvalue weighted by molar-refractivity contribution is 7.99. The first kappa shape index (κ1) is 18.2. The van der Waals surface area contributed by atoms with Crippen LogP contribution in [-0.4, -0.2) is 4.98 Å². The molecule has 1 aliphatic rings. The Labute approximate surface area is 176 Å². The highest BCUT2D eigenvalue weighted by Crippen LogP contribution is 2.48. The third-order valence-electron chi connectivity index (χ3n) is 5.59. The molecule has 0 spiro atoms. The van der Waals surface area contributed by atoms with Gasteiger partial charge in [0.15, 0.2) is 0 Å². The van der Waals surface area contributed by atoms with Gasteiger partial charge >= 0.3 is 0 Å². The van der Waals surface area contributed by atoms with Gasteiger partial charge in [-0.2, -0.15) is 0 Å². The van der Waals surface area contributed by atoms with Gasteiger partial charge < -0.3 is 0 Å². The molecule has 0 fully saturated rings. The maximum Gasteiger partial charge on any atom is 0.0705 e. The topological polar surface area (TPSA) is 12.9 Å². The minimum atomic E-state index is 0.492. The van der Waals surface area contributed by atoms with Crippen molar-refractivity contribution < 1.29 is 0 Å². The van der Waals surface area contributed by atoms with Crippen LogP contribution in [0.5, 0.6) is 0 Å². The number of hydrogen-bond donors (Lipinski definition) is 0. The summed E-state index contributed by atoms with van der Waals surface area (Å²) in [5.74, 6) is 0.492. The van der Waals surface area contributed by atoms with E-state index < -0.39 is 0 Å². The molecule has 0 bridgehead atoms. The third-order valence-corrected chi connectivity index (χ3v) is 6.74. The Hall–Kier alpha value is -2.84. The smallest absolute Gasteiger partial charge is 0.0705 e. The van der Waals surface area contributed by atoms with Gasteiger partial charge in [-0.1, -0.05) is 73.6 Å². The predicted octanol–water partition coefficient (Wildman–Crippen LogP) is 7.98. The second-order valence-corrected chi connectivity index (χ2v) is 9.07. The molecule has 1 aliphatic heterocycles. The van der Waals surface area contributed by atoms with E-state index in [9.17, 15) is 0 Å². The predicted molar refractivity (Wildman–Crippen MR) is 123 cm³/mol. The molecule has 0 saturated carbocycles. The molecule has 0 N–H and O–H groups in total. The van der Waals surface area contributed by atoms with Crippen molar-refractivity contribution >= 4 is 11.8 Å². The van der Waals surface area contributed by atoms with Crippen molar-refractivity contribution in [2.24, 2.45) is 0 Å². The van der Waals surface area contributed by atoms with Gasteiger partial charge in [0.2, 0.25) is 0 Å². The van der Waals surface area contributed by atoms with Crippen LogP contribution in [0.2, 0.25) is 0 Å². The summed E-state index contributed by atoms with van der Waals surface area (Å²) in [4.78, 5) is 7.27. The van der Waals surface area contributed by atoms with E-state index in [1.54, 1.807) is 0 Å². The first-order chi connectivity index (χ1) is 14.1. The lowest BCUT2D eigenvalue weighted by molar-refractivity contribution is 0.864. The maximum absolute atomic E-state index is 4.67. The number of pyridine rings is 1. The number of aryl methyl sites for hydroxylation is 1. The van der Waals surface area contributed by atoms with Crippen molar-refractivity contribution in [2.75, 3.05) is 0 Å². The molecular weight excluding hydrogens is 370 g/mol. The van der Waals surface area contributed by atoms with Gasteiger partial charge in [0.1, 0.15) is 0 Å². The Morgan fingerprint density at radius 2 is 1.55 bits per heavy atom. The van der Waals surface area contributed by atoms with Crippen LogP contribution < -0.4 is 0 Å². The highest BCUT2D eigenvalue weighted by atomic mass is 32.2. The van der Waals surface area contributed by atoms with Gasteiger partial charge in [-0.25, -0.2) is 0 Å². The molecule has 142 valence electrons. The molecule has 4 aromatic rings. The molecule has 29 heavy (non-hydrogen) atoms. The van der Waals surface area contributed by atoms with Crippen LogP contribution in [0.4, 0.5) is 0 Å². The summed E-state index contributed by atoms with van der Waals surface area (Å²) < 4.78 is 0. The van der Waals surface area contributed by atoms with Crippen molar-refractivity contribution in [1.29, 1.82) is 0 Å². The van der Waals surface area contributed by atoms with Crippen molar-refractivity contribution in [3.63, 3.8) is 0 Å². The molecular formula is C27H23NS. The summed E-state index contributed by atoms with van der Waals surface area (Å²) in [5.41, 5.74) is 10.0. The summed E-state index contributed by atoms with van der Waals surface area (Å²) in [6.07, 6.45) is 1.93. The van der Waals surface area contributed by atoms with Crippen molar-refractivity contribution in [3.05, 3.63) is 90.1 Å². The fourth-order valence-electron chi connectivity index (χ4n) is 3.97. The number of rotatable bonds is 2. The second kappa shape index (κ2) is 7.20. The molecule has 0 aliphatic carbocycles. The SMILES string of the molecule is Cc1ccc2c(c1)-c1ccccc1Sc1ccc(-c3cc(C(C)C)ccn3)cc1-2. The number of aromatic nitrogens is 1. The van der Waals surface area contributed by atoms with E-state index in [1.165, 1.54) is 48.7 Å². The summed E-state index contributed by atoms with van der Waals surface area (Å²) in [7, 11) is 0. The van der Waals surface area contributed by atoms with E-state index in [0.717, 1.165) is 5.69 Å². The van der Waals surface area contributed by atoms with Crippen LogP contribution in [0.15, 0.2) is 88.8 Å². The van der Waals surface area contributed by atoms with E-state index >= 15 is 0 Å². The first-order valence-corrected chi connectivity index (χ1v) is 10.9. The monoisotopic (exact) mass is 393 g/mol. The Bertz CT molecular complexity index is 1220. The van der Waals surface area contributed by atoms with Gasteiger partial charge in [-0.3, -0.25) is 4.98 Å². The first-order valence-electron chi connectivity index (χ1n) is 10.1. The van der Waals surface area contributed by atoms with Gasteiger partial charge in [0.25, 0.3) is 0 Å².